The maximum atomic E-state index is 14.7. The lowest BCUT2D eigenvalue weighted by molar-refractivity contribution is -0.343. The molecule has 8 aliphatic carbocycles. The molecule has 1 aliphatic heterocycles. The van der Waals surface area contributed by atoms with E-state index in [1.807, 2.05) is 85.8 Å². The first-order valence-electron chi connectivity index (χ1n) is 39.5. The van der Waals surface area contributed by atoms with Crippen molar-refractivity contribution < 1.29 is 95.4 Å². The van der Waals surface area contributed by atoms with E-state index in [0.29, 0.717) is 56.7 Å². The monoisotopic (exact) mass is 1650 g/mol. The van der Waals surface area contributed by atoms with Gasteiger partial charge in [-0.1, -0.05) is 188 Å². The van der Waals surface area contributed by atoms with Gasteiger partial charge in [0.1, 0.15) is 12.9 Å². The van der Waals surface area contributed by atoms with E-state index in [1.165, 1.54) is 44.0 Å². The van der Waals surface area contributed by atoms with Gasteiger partial charge in [-0.25, -0.2) is 0 Å². The van der Waals surface area contributed by atoms with Crippen LogP contribution in [0.25, 0.3) is 0 Å². The Bertz CT molecular complexity index is 3960. The van der Waals surface area contributed by atoms with Gasteiger partial charge in [-0.05, 0) is 203 Å². The second-order valence-electron chi connectivity index (χ2n) is 37.0. The topological polar surface area (TPSA) is 132 Å². The molecule has 622 valence electrons. The molecule has 4 unspecified atom stereocenters. The van der Waals surface area contributed by atoms with Crippen molar-refractivity contribution in [1.29, 1.82) is 0 Å². The van der Waals surface area contributed by atoms with Gasteiger partial charge in [0.05, 0.1) is 24.4 Å². The van der Waals surface area contributed by atoms with Crippen molar-refractivity contribution in [2.75, 3.05) is 19.4 Å². The maximum absolute atomic E-state index is 14.7. The number of rotatable bonds is 15. The number of ether oxygens (including phenoxy) is 1. The van der Waals surface area contributed by atoms with Crippen LogP contribution in [0.1, 0.15) is 184 Å². The van der Waals surface area contributed by atoms with E-state index in [2.05, 4.69) is 112 Å². The van der Waals surface area contributed by atoms with Crippen molar-refractivity contribution in [3.05, 3.63) is 143 Å². The van der Waals surface area contributed by atoms with Crippen molar-refractivity contribution >= 4 is 48.5 Å². The van der Waals surface area contributed by atoms with Gasteiger partial charge in [-0.15, -0.1) is 0 Å². The largest absolute Gasteiger partial charge is 0.438 e. The summed E-state index contributed by atoms with van der Waals surface area (Å²) in [5.74, 6) is 7.13. The first-order chi connectivity index (χ1) is 51.4. The van der Waals surface area contributed by atoms with Gasteiger partial charge >= 0.3 is 35.9 Å². The molecular weight excluding hydrogens is 1530 g/mol. The molecule has 112 heavy (non-hydrogen) atoms. The van der Waals surface area contributed by atoms with Crippen LogP contribution in [0, 0.1) is 57.2 Å². The van der Waals surface area contributed by atoms with E-state index < -0.39 is 91.0 Å². The summed E-state index contributed by atoms with van der Waals surface area (Å²) in [5, 5.41) is 31.5. The summed E-state index contributed by atoms with van der Waals surface area (Å²) in [5.41, 5.74) is -4.48. The molecule has 2 aromatic carbocycles. The summed E-state index contributed by atoms with van der Waals surface area (Å²) in [7, 11) is -10.2. The molecule has 9 nitrogen and oxygen atoms in total. The van der Waals surface area contributed by atoms with Gasteiger partial charge in [-0.3, -0.25) is 4.79 Å². The predicted molar refractivity (Wildman–Crippen MR) is 428 cm³/mol. The van der Waals surface area contributed by atoms with Gasteiger partial charge in [-0.2, -0.15) is 52.7 Å². The number of allylic oxidation sites excluding steroid dienone is 8. The van der Waals surface area contributed by atoms with Crippen molar-refractivity contribution in [2.24, 2.45) is 33.5 Å². The average molecular weight is 1650 g/mol. The number of alkyl halides is 12. The summed E-state index contributed by atoms with van der Waals surface area (Å²) in [4.78, 5) is 12.3. The third kappa shape index (κ3) is 20.6. The van der Waals surface area contributed by atoms with Crippen LogP contribution in [-0.2, 0) is 27.4 Å². The molecule has 0 radical (unpaired) electrons. The predicted octanol–water partition coefficient (Wildman–Crippen LogP) is 22.5. The van der Waals surface area contributed by atoms with Crippen LogP contribution in [0.2, 0.25) is 55.9 Å². The number of halogens is 12. The van der Waals surface area contributed by atoms with Crippen LogP contribution in [0.5, 0.6) is 0 Å². The van der Waals surface area contributed by atoms with E-state index in [1.54, 1.807) is 0 Å². The van der Waals surface area contributed by atoms with Crippen molar-refractivity contribution in [1.82, 2.24) is 0 Å². The molecule has 0 aromatic heterocycles. The highest BCUT2D eigenvalue weighted by atomic mass is 31.2. The molecule has 9 aliphatic rings. The third-order valence-corrected chi connectivity index (χ3v) is 38.5. The molecule has 1 saturated heterocycles. The van der Waals surface area contributed by atoms with Gasteiger partial charge in [0.2, 0.25) is 0 Å². The number of carbonyl (C=O) groups excluding carboxylic acids is 1. The highest BCUT2D eigenvalue weighted by Gasteiger charge is 2.74. The minimum Gasteiger partial charge on any atom is -0.413 e. The van der Waals surface area contributed by atoms with Crippen LogP contribution in [0.3, 0.4) is 0 Å². The molecule has 11 rings (SSSR count). The number of aliphatic hydroxyl groups is 3. The number of Topliss-reactive ketones (excluding diaryl/α,β-unsaturated/α-hetero) is 1. The SMILES string of the molecule is C1CCOC1.C=C1/C(=C\C=C2/CCC[C@]3(C)C(C4(CC#CC(O)(C(F)(F)F)C(F)(F)F)CC4)=CCC23)CC(O)C[C@@H]1O.C=C1/C(=C\CP(=O)(c2ccccc2)c2ccccc2)CC(O[Si](C)(C)C(C)(C)C)C[C@@H]1O[Si](C)(C)C(C)(C)C.C[C@]12CCCC(=O)C1CC=C2C1(CC#CC(O[Si](C)(C)C)(C(F)(F)F)C(F)(F)F)CC1. The first-order valence-corrected chi connectivity index (χ1v) is 50.6. The quantitative estimate of drug-likeness (QED) is 0.0524. The Morgan fingerprint density at radius 1 is 0.589 bits per heavy atom. The van der Waals surface area contributed by atoms with E-state index in [4.69, 9.17) is 18.0 Å². The molecular formula is C87H119F12O9PSi3. The molecule has 2 aromatic rings. The number of benzene rings is 2. The molecule has 0 bridgehead atoms. The summed E-state index contributed by atoms with van der Waals surface area (Å²) in [6, 6.07) is 19.8. The van der Waals surface area contributed by atoms with Crippen LogP contribution in [0.15, 0.2) is 143 Å². The zero-order valence-corrected chi connectivity index (χ0v) is 72.0. The Balaban J connectivity index is 0.000000205. The highest BCUT2D eigenvalue weighted by Crippen LogP contribution is 2.69. The van der Waals surface area contributed by atoms with E-state index in [9.17, 15) is 77.4 Å². The molecule has 7 fully saturated rings. The lowest BCUT2D eigenvalue weighted by Gasteiger charge is -2.45. The molecule has 0 spiro atoms. The van der Waals surface area contributed by atoms with Gasteiger partial charge in [0.25, 0.3) is 0 Å². The normalized spacial score (nSPS) is 27.5. The average Bonchev–Trinajstić information content (AvgIpc) is 1.75. The molecule has 0 amide bonds. The summed E-state index contributed by atoms with van der Waals surface area (Å²) in [6.07, 6.45) is -1.01. The highest BCUT2D eigenvalue weighted by molar-refractivity contribution is 7.78. The Labute approximate surface area is 660 Å². The van der Waals surface area contributed by atoms with E-state index in [0.717, 1.165) is 109 Å². The smallest absolute Gasteiger partial charge is 0.413 e. The van der Waals surface area contributed by atoms with Gasteiger partial charge < -0.3 is 37.9 Å². The maximum Gasteiger partial charge on any atom is 0.438 e. The fourth-order valence-electron chi connectivity index (χ4n) is 16.8. The lowest BCUT2D eigenvalue weighted by atomic mass is 9.61. The standard InChI is InChI=1S/C33H51O3PSi2.C28H32F6O3.C22H28F6O2Si.C4H8O/c1-26-27(22-23-37(34,29-18-14-12-15-19-29)30-20-16-13-17-21-30)24-28(35-38(8,9)32(2,3)4)25-31(26)36-39(10,11)33(5,6)7;1-17-19(15-20(35)16-22(17)36)7-6-18-5-3-10-24(2)21(18)8-9-23(24)25(13-14-25)11-4-12-26(37,27(29,30)31)28(32,33)34;1-18-10-5-7-16(29)15(18)8-9-17(18)19(13-14-19)11-6-12-20(21(23,24)25,22(26,27)28)30-31(2,3)4;1-2-4-5-3-1/h12-22,28,31H,1,23-25H2,2-11H3;6-7,9,20-22,35-37H,1,3,5,8,10-11,13-16H2,2H3;9,15H,5,7-8,10-11,13-14H2,1-4H3;1-4H2/b27-22-;18-6+,19-7-;;/t28?,31-;20?,21?,22-,24-;15?,18-;/m000./s1. The Hall–Kier alpha value is -4.83. The second-order valence-corrected chi connectivity index (χ2v) is 53.8. The Morgan fingerprint density at radius 2 is 1.05 bits per heavy atom. The number of ketones is 1. The Morgan fingerprint density at radius 3 is 1.50 bits per heavy atom. The lowest BCUT2D eigenvalue weighted by Crippen LogP contribution is -2.61. The zero-order valence-electron chi connectivity index (χ0n) is 68.1. The second kappa shape index (κ2) is 34.2. The van der Waals surface area contributed by atoms with Crippen LogP contribution in [-0.4, -0.2) is 126 Å². The van der Waals surface area contributed by atoms with E-state index in [-0.39, 0.29) is 70.0 Å². The van der Waals surface area contributed by atoms with Crippen LogP contribution in [0.4, 0.5) is 52.7 Å². The summed E-state index contributed by atoms with van der Waals surface area (Å²) in [6.45, 7) is 41.4. The van der Waals surface area contributed by atoms with Crippen LogP contribution < -0.4 is 10.6 Å². The number of hydrogen-bond acceptors (Lipinski definition) is 9. The number of fused-ring (bicyclic) bond motifs is 2. The third-order valence-electron chi connectivity index (χ3n) is 25.6. The summed E-state index contributed by atoms with van der Waals surface area (Å²) >= 11 is 0. The first kappa shape index (κ1) is 92.7. The molecule has 25 heteroatoms. The summed E-state index contributed by atoms with van der Waals surface area (Å²) < 4.78 is 199. The van der Waals surface area contributed by atoms with Gasteiger partial charge in [0.15, 0.2) is 25.0 Å². The number of carbonyl (C=O) groups is 1. The Kier molecular flexibility index (Phi) is 28.3. The molecule has 3 N–H and O–H groups in total. The number of hydrogen-bond donors (Lipinski definition) is 3. The molecule has 6 saturated carbocycles. The van der Waals surface area contributed by atoms with Crippen molar-refractivity contribution in [2.45, 2.75) is 300 Å². The zero-order chi connectivity index (χ0) is 83.8. The van der Waals surface area contributed by atoms with Crippen molar-refractivity contribution in [3.8, 4) is 23.7 Å². The molecule has 1 heterocycles. The van der Waals surface area contributed by atoms with Gasteiger partial charge in [0, 0.05) is 78.8 Å². The number of aliphatic hydroxyl groups excluding tert-OH is 2. The minimum absolute atomic E-state index is 0.0604. The molecule has 8 atom stereocenters. The van der Waals surface area contributed by atoms with Crippen molar-refractivity contribution in [3.63, 3.8) is 0 Å². The van der Waals surface area contributed by atoms with Crippen LogP contribution >= 0.6 is 7.14 Å². The fraction of sp³-hybridized carbons (Fsp3) is 0.644. The fourth-order valence-corrected chi connectivity index (χ4v) is 23.1. The van der Waals surface area contributed by atoms with E-state index >= 15 is 0 Å². The minimum atomic E-state index is -5.95.